The van der Waals surface area contributed by atoms with Crippen LogP contribution in [0.5, 0.6) is 5.75 Å². The number of nitrogens with zero attached hydrogens (tertiary/aromatic N) is 1. The van der Waals surface area contributed by atoms with Gasteiger partial charge in [0.15, 0.2) is 17.4 Å². The second-order valence-corrected chi connectivity index (χ2v) is 2.95. The Morgan fingerprint density at radius 1 is 1.38 bits per heavy atom. The highest BCUT2D eigenvalue weighted by atomic mass is 19.1. The van der Waals surface area contributed by atoms with E-state index >= 15 is 0 Å². The average molecular weight is 229 g/mol. The fourth-order valence-corrected chi connectivity index (χ4v) is 1.13. The quantitative estimate of drug-likeness (QED) is 0.576. The molecule has 0 aliphatic heterocycles. The second-order valence-electron chi connectivity index (χ2n) is 2.95. The van der Waals surface area contributed by atoms with Gasteiger partial charge in [0.05, 0.1) is 12.8 Å². The summed E-state index contributed by atoms with van der Waals surface area (Å²) in [6.07, 6.45) is 0.0155. The van der Waals surface area contributed by atoms with Crippen LogP contribution in [0.4, 0.5) is 14.5 Å². The number of carbonyl (C=O) groups excluding carboxylic acids is 2. The van der Waals surface area contributed by atoms with E-state index in [4.69, 9.17) is 0 Å². The first-order chi connectivity index (χ1) is 7.51. The van der Waals surface area contributed by atoms with Crippen molar-refractivity contribution < 1.29 is 23.1 Å². The summed E-state index contributed by atoms with van der Waals surface area (Å²) < 4.78 is 31.2. The molecule has 0 aliphatic rings. The van der Waals surface area contributed by atoms with E-state index in [1.165, 1.54) is 14.2 Å². The van der Waals surface area contributed by atoms with Gasteiger partial charge in [-0.25, -0.2) is 8.78 Å². The van der Waals surface area contributed by atoms with Crippen LogP contribution in [0.15, 0.2) is 12.1 Å². The van der Waals surface area contributed by atoms with Gasteiger partial charge in [0.1, 0.15) is 0 Å². The van der Waals surface area contributed by atoms with Crippen molar-refractivity contribution in [3.8, 4) is 5.75 Å². The molecular formula is C10H9F2NO3. The Balaban J connectivity index is 3.20. The van der Waals surface area contributed by atoms with E-state index in [0.717, 1.165) is 12.1 Å². The van der Waals surface area contributed by atoms with E-state index in [9.17, 15) is 18.4 Å². The number of methoxy groups -OCH3 is 1. The third-order valence-electron chi connectivity index (χ3n) is 2.01. The lowest BCUT2D eigenvalue weighted by Gasteiger charge is -2.15. The summed E-state index contributed by atoms with van der Waals surface area (Å²) in [6, 6.07) is 1.59. The molecule has 16 heavy (non-hydrogen) atoms. The number of anilines is 1. The molecule has 0 saturated heterocycles. The zero-order valence-electron chi connectivity index (χ0n) is 8.66. The molecule has 0 fully saturated rings. The monoisotopic (exact) mass is 229 g/mol. The van der Waals surface area contributed by atoms with Crippen LogP contribution in [0.25, 0.3) is 0 Å². The molecule has 0 N–H and O–H groups in total. The summed E-state index contributed by atoms with van der Waals surface area (Å²) in [6.45, 7) is 0. The summed E-state index contributed by atoms with van der Waals surface area (Å²) in [5.41, 5.74) is -0.324. The summed E-state index contributed by atoms with van der Waals surface area (Å²) in [4.78, 5) is 21.9. The maximum Gasteiger partial charge on any atom is 0.290 e. The minimum absolute atomic E-state index is 0.0155. The fraction of sp³-hybridized carbons (Fsp3) is 0.200. The van der Waals surface area contributed by atoms with Gasteiger partial charge in [-0.05, 0) is 0 Å². The number of amides is 1. The molecule has 0 spiro atoms. The van der Waals surface area contributed by atoms with Crippen molar-refractivity contribution in [2.45, 2.75) is 0 Å². The molecule has 0 heterocycles. The highest BCUT2D eigenvalue weighted by molar-refractivity contribution is 6.30. The SMILES string of the molecule is COc1cc(F)c(N(C)C(=O)C=O)cc1F. The number of rotatable bonds is 3. The summed E-state index contributed by atoms with van der Waals surface area (Å²) in [5, 5.41) is 0. The summed E-state index contributed by atoms with van der Waals surface area (Å²) >= 11 is 0. The van der Waals surface area contributed by atoms with E-state index in [2.05, 4.69) is 4.74 Å². The third kappa shape index (κ3) is 2.16. The van der Waals surface area contributed by atoms with Crippen molar-refractivity contribution in [1.29, 1.82) is 0 Å². The zero-order valence-corrected chi connectivity index (χ0v) is 8.66. The van der Waals surface area contributed by atoms with Crippen LogP contribution in [0.1, 0.15) is 0 Å². The van der Waals surface area contributed by atoms with Gasteiger partial charge in [-0.3, -0.25) is 9.59 Å². The van der Waals surface area contributed by atoms with Gasteiger partial charge < -0.3 is 9.64 Å². The van der Waals surface area contributed by atoms with Crippen molar-refractivity contribution in [2.24, 2.45) is 0 Å². The van der Waals surface area contributed by atoms with E-state index < -0.39 is 17.5 Å². The van der Waals surface area contributed by atoms with E-state index in [1.54, 1.807) is 0 Å². The minimum atomic E-state index is -0.969. The van der Waals surface area contributed by atoms with Crippen LogP contribution >= 0.6 is 0 Å². The molecule has 1 rings (SSSR count). The molecule has 0 atom stereocenters. The maximum absolute atomic E-state index is 13.4. The molecule has 4 nitrogen and oxygen atoms in total. The number of halogens is 2. The second kappa shape index (κ2) is 4.69. The maximum atomic E-state index is 13.4. The van der Waals surface area contributed by atoms with Crippen LogP contribution in [0, 0.1) is 11.6 Å². The molecule has 0 unspecified atom stereocenters. The van der Waals surface area contributed by atoms with Crippen molar-refractivity contribution in [1.82, 2.24) is 0 Å². The number of aldehydes is 1. The Labute approximate surface area is 90.4 Å². The highest BCUT2D eigenvalue weighted by Gasteiger charge is 2.17. The predicted octanol–water partition coefficient (Wildman–Crippen LogP) is 1.14. The first-order valence-electron chi connectivity index (χ1n) is 4.27. The number of carbonyl (C=O) groups is 2. The van der Waals surface area contributed by atoms with E-state index in [1.807, 2.05) is 0 Å². The minimum Gasteiger partial charge on any atom is -0.494 e. The Morgan fingerprint density at radius 3 is 2.50 bits per heavy atom. The van der Waals surface area contributed by atoms with Gasteiger partial charge in [0.2, 0.25) is 6.29 Å². The number of likely N-dealkylation sites (N-methyl/N-ethyl adjacent to an activating group) is 1. The molecule has 6 heteroatoms. The topological polar surface area (TPSA) is 46.6 Å². The van der Waals surface area contributed by atoms with Crippen LogP contribution in [0.3, 0.4) is 0 Å². The zero-order chi connectivity index (χ0) is 12.3. The highest BCUT2D eigenvalue weighted by Crippen LogP contribution is 2.26. The van der Waals surface area contributed by atoms with Gasteiger partial charge in [-0.15, -0.1) is 0 Å². The van der Waals surface area contributed by atoms with Gasteiger partial charge in [-0.2, -0.15) is 0 Å². The smallest absolute Gasteiger partial charge is 0.290 e. The van der Waals surface area contributed by atoms with Crippen LogP contribution < -0.4 is 9.64 Å². The van der Waals surface area contributed by atoms with Crippen LogP contribution in [0.2, 0.25) is 0 Å². The molecular weight excluding hydrogens is 220 g/mol. The predicted molar refractivity (Wildman–Crippen MR) is 52.4 cm³/mol. The first kappa shape index (κ1) is 12.1. The summed E-state index contributed by atoms with van der Waals surface area (Å²) in [7, 11) is 2.36. The lowest BCUT2D eigenvalue weighted by Crippen LogP contribution is -2.28. The summed E-state index contributed by atoms with van der Waals surface area (Å²) in [5.74, 6) is -2.91. The number of hydrogen-bond acceptors (Lipinski definition) is 3. The van der Waals surface area contributed by atoms with Gasteiger partial charge in [0.25, 0.3) is 5.91 Å². The molecule has 1 aromatic rings. The molecule has 1 amide bonds. The lowest BCUT2D eigenvalue weighted by atomic mass is 10.2. The van der Waals surface area contributed by atoms with Crippen molar-refractivity contribution >= 4 is 17.9 Å². The van der Waals surface area contributed by atoms with Crippen LogP contribution in [-0.2, 0) is 9.59 Å². The third-order valence-corrected chi connectivity index (χ3v) is 2.01. The lowest BCUT2D eigenvalue weighted by molar-refractivity contribution is -0.129. The largest absolute Gasteiger partial charge is 0.494 e. The molecule has 0 aliphatic carbocycles. The molecule has 0 saturated carbocycles. The Kier molecular flexibility index (Phi) is 3.55. The Hall–Kier alpha value is -1.98. The average Bonchev–Trinajstić information content (AvgIpc) is 2.29. The van der Waals surface area contributed by atoms with Crippen molar-refractivity contribution in [3.05, 3.63) is 23.8 Å². The first-order valence-corrected chi connectivity index (χ1v) is 4.27. The van der Waals surface area contributed by atoms with Crippen LogP contribution in [-0.4, -0.2) is 26.4 Å². The van der Waals surface area contributed by atoms with Gasteiger partial charge >= 0.3 is 0 Å². The molecule has 0 bridgehead atoms. The Bertz CT molecular complexity index is 434. The fourth-order valence-electron chi connectivity index (χ4n) is 1.13. The normalized spacial score (nSPS) is 9.75. The number of benzene rings is 1. The number of ether oxygens (including phenoxy) is 1. The molecule has 86 valence electrons. The number of hydrogen-bond donors (Lipinski definition) is 0. The standard InChI is InChI=1S/C10H9F2NO3/c1-13(10(15)5-14)8-3-7(12)9(16-2)4-6(8)11/h3-5H,1-2H3. The Morgan fingerprint density at radius 2 is 2.00 bits per heavy atom. The van der Waals surface area contributed by atoms with E-state index in [-0.39, 0.29) is 17.7 Å². The van der Waals surface area contributed by atoms with Crippen molar-refractivity contribution in [3.63, 3.8) is 0 Å². The van der Waals surface area contributed by atoms with E-state index in [0.29, 0.717) is 4.90 Å². The van der Waals surface area contributed by atoms with Gasteiger partial charge in [-0.1, -0.05) is 0 Å². The molecule has 1 aromatic carbocycles. The molecule has 0 radical (unpaired) electrons. The van der Waals surface area contributed by atoms with Crippen molar-refractivity contribution in [2.75, 3.05) is 19.1 Å². The van der Waals surface area contributed by atoms with Gasteiger partial charge in [0, 0.05) is 19.2 Å². The molecule has 0 aromatic heterocycles.